The van der Waals surface area contributed by atoms with Gasteiger partial charge in [0.15, 0.2) is 5.82 Å². The Morgan fingerprint density at radius 2 is 1.78 bits per heavy atom. The first kappa shape index (κ1) is 24.4. The van der Waals surface area contributed by atoms with Gasteiger partial charge in [-0.05, 0) is 52.4 Å². The molecule has 5 rings (SSSR count). The van der Waals surface area contributed by atoms with E-state index in [1.54, 1.807) is 17.0 Å². The van der Waals surface area contributed by atoms with Gasteiger partial charge in [0, 0.05) is 42.5 Å². The van der Waals surface area contributed by atoms with E-state index in [4.69, 9.17) is 0 Å². The number of aromatic nitrogens is 9. The highest BCUT2D eigenvalue weighted by atomic mass is 16.1. The molecule has 10 nitrogen and oxygen atoms in total. The van der Waals surface area contributed by atoms with Gasteiger partial charge in [-0.1, -0.05) is 51.0 Å². The molecule has 0 saturated carbocycles. The smallest absolute Gasteiger partial charge is 0.291 e. The lowest BCUT2D eigenvalue weighted by molar-refractivity contribution is 0.556. The number of nitrogens with zero attached hydrogens (tertiary/aromatic N) is 8. The summed E-state index contributed by atoms with van der Waals surface area (Å²) in [5.41, 5.74) is 4.70. The summed E-state index contributed by atoms with van der Waals surface area (Å²) in [4.78, 5) is 18.2. The molecule has 0 atom stereocenters. The predicted molar refractivity (Wildman–Crippen MR) is 141 cm³/mol. The number of rotatable bonds is 11. The van der Waals surface area contributed by atoms with Crippen molar-refractivity contribution >= 4 is 0 Å². The molecule has 4 aromatic heterocycles. The van der Waals surface area contributed by atoms with E-state index < -0.39 is 0 Å². The largest absolute Gasteiger partial charge is 0.334 e. The van der Waals surface area contributed by atoms with Gasteiger partial charge in [0.2, 0.25) is 0 Å². The normalized spacial score (nSPS) is 11.3. The Morgan fingerprint density at radius 3 is 2.57 bits per heavy atom. The van der Waals surface area contributed by atoms with Crippen LogP contribution in [-0.2, 0) is 19.5 Å². The summed E-state index contributed by atoms with van der Waals surface area (Å²) < 4.78 is 5.51. The Balaban J connectivity index is 1.58. The maximum Gasteiger partial charge on any atom is 0.334 e. The first-order chi connectivity index (χ1) is 18.2. The van der Waals surface area contributed by atoms with Crippen LogP contribution >= 0.6 is 0 Å². The molecule has 190 valence electrons. The molecule has 1 N–H and O–H groups in total. The lowest BCUT2D eigenvalue weighted by Crippen LogP contribution is -2.26. The van der Waals surface area contributed by atoms with Crippen LogP contribution in [0.25, 0.3) is 28.3 Å². The highest BCUT2D eigenvalue weighted by molar-refractivity contribution is 5.81. The molecule has 0 amide bonds. The van der Waals surface area contributed by atoms with E-state index >= 15 is 0 Å². The number of H-pyrrole nitrogens is 1. The van der Waals surface area contributed by atoms with Gasteiger partial charge in [-0.15, -0.1) is 5.10 Å². The van der Waals surface area contributed by atoms with Crippen molar-refractivity contribution in [3.05, 3.63) is 82.9 Å². The zero-order valence-corrected chi connectivity index (χ0v) is 21.2. The molecule has 0 bridgehead atoms. The molecule has 4 heterocycles. The van der Waals surface area contributed by atoms with Crippen molar-refractivity contribution in [3.8, 4) is 28.3 Å². The third-order valence-corrected chi connectivity index (χ3v) is 6.56. The first-order valence-electron chi connectivity index (χ1n) is 12.8. The zero-order valence-electron chi connectivity index (χ0n) is 21.2. The fraction of sp³-hybridized carbons (Fsp3) is 0.333. The molecule has 0 unspecified atom stereocenters. The van der Waals surface area contributed by atoms with E-state index in [1.807, 2.05) is 58.0 Å². The molecule has 5 aromatic rings. The molecule has 0 aliphatic rings. The van der Waals surface area contributed by atoms with Crippen LogP contribution in [0.2, 0.25) is 0 Å². The lowest BCUT2D eigenvalue weighted by Gasteiger charge is -2.14. The van der Waals surface area contributed by atoms with Crippen LogP contribution in [0.1, 0.15) is 50.8 Å². The molecule has 0 aliphatic carbocycles. The number of aromatic amines is 1. The van der Waals surface area contributed by atoms with Crippen molar-refractivity contribution < 1.29 is 0 Å². The van der Waals surface area contributed by atoms with Crippen molar-refractivity contribution in [2.45, 2.75) is 59.0 Å². The Labute approximate surface area is 215 Å². The first-order valence-corrected chi connectivity index (χ1v) is 12.8. The van der Waals surface area contributed by atoms with Gasteiger partial charge in [-0.3, -0.25) is 14.1 Å². The summed E-state index contributed by atoms with van der Waals surface area (Å²) in [6.45, 7) is 5.49. The van der Waals surface area contributed by atoms with Crippen molar-refractivity contribution in [2.75, 3.05) is 0 Å². The summed E-state index contributed by atoms with van der Waals surface area (Å²) in [6.07, 6.45) is 12.3. The average molecular weight is 498 g/mol. The molecule has 10 heteroatoms. The van der Waals surface area contributed by atoms with Gasteiger partial charge >= 0.3 is 5.69 Å². The molecular weight excluding hydrogens is 466 g/mol. The molecule has 0 fully saturated rings. The molecular formula is C27H31N9O. The monoisotopic (exact) mass is 497 g/mol. The lowest BCUT2D eigenvalue weighted by atomic mass is 9.96. The standard InChI is InChI=1S/C27H31N9O/c1-3-5-9-21-19-35(25-13-15-29-36(25)16-6-4-2)27(37)34(21)18-20-17-28-14-12-22(20)23-10-7-8-11-24(23)26-30-32-33-31-26/h7-8,10-15,17,19H,3-6,9,16,18H2,1-2H3,(H,30,31,32,33). The van der Waals surface area contributed by atoms with Gasteiger partial charge in [0.05, 0.1) is 12.7 Å². The summed E-state index contributed by atoms with van der Waals surface area (Å²) >= 11 is 0. The van der Waals surface area contributed by atoms with E-state index in [0.29, 0.717) is 12.4 Å². The van der Waals surface area contributed by atoms with E-state index in [2.05, 4.69) is 44.6 Å². The molecule has 0 spiro atoms. The second-order valence-electron chi connectivity index (χ2n) is 9.06. The highest BCUT2D eigenvalue weighted by Gasteiger charge is 2.18. The number of benzene rings is 1. The highest BCUT2D eigenvalue weighted by Crippen LogP contribution is 2.32. The van der Waals surface area contributed by atoms with Crippen LogP contribution in [0.15, 0.2) is 66.0 Å². The van der Waals surface area contributed by atoms with E-state index in [9.17, 15) is 4.79 Å². The molecule has 37 heavy (non-hydrogen) atoms. The SMILES string of the molecule is CCCCc1cn(-c2ccnn2CCCC)c(=O)n1Cc1cnccc1-c1ccccc1-c1nnn[nH]1. The number of pyridine rings is 1. The average Bonchev–Trinajstić information content (AvgIpc) is 3.69. The molecule has 0 saturated heterocycles. The number of aryl methyl sites for hydroxylation is 2. The Kier molecular flexibility index (Phi) is 7.34. The van der Waals surface area contributed by atoms with E-state index in [1.165, 1.54) is 0 Å². The van der Waals surface area contributed by atoms with Crippen LogP contribution < -0.4 is 5.69 Å². The Morgan fingerprint density at radius 1 is 0.946 bits per heavy atom. The second-order valence-corrected chi connectivity index (χ2v) is 9.06. The van der Waals surface area contributed by atoms with Gasteiger partial charge in [-0.2, -0.15) is 5.10 Å². The summed E-state index contributed by atoms with van der Waals surface area (Å²) in [6, 6.07) is 11.8. The summed E-state index contributed by atoms with van der Waals surface area (Å²) in [5, 5.41) is 18.9. The molecule has 0 radical (unpaired) electrons. The number of nitrogens with one attached hydrogen (secondary N) is 1. The number of imidazole rings is 1. The molecule has 0 aliphatic heterocycles. The maximum atomic E-state index is 13.8. The second kappa shape index (κ2) is 11.2. The predicted octanol–water partition coefficient (Wildman–Crippen LogP) is 4.27. The van der Waals surface area contributed by atoms with Crippen LogP contribution in [-0.4, -0.2) is 44.5 Å². The minimum absolute atomic E-state index is 0.0770. The van der Waals surface area contributed by atoms with Crippen molar-refractivity contribution in [2.24, 2.45) is 0 Å². The van der Waals surface area contributed by atoms with E-state index in [0.717, 1.165) is 72.4 Å². The van der Waals surface area contributed by atoms with E-state index in [-0.39, 0.29) is 5.69 Å². The summed E-state index contributed by atoms with van der Waals surface area (Å²) in [5.74, 6) is 1.38. The van der Waals surface area contributed by atoms with Gasteiger partial charge in [0.25, 0.3) is 0 Å². The van der Waals surface area contributed by atoms with Crippen LogP contribution in [0.3, 0.4) is 0 Å². The third-order valence-electron chi connectivity index (χ3n) is 6.56. The fourth-order valence-corrected chi connectivity index (χ4v) is 4.61. The number of unbranched alkanes of at least 4 members (excludes halogenated alkanes) is 2. The van der Waals surface area contributed by atoms with Gasteiger partial charge in [-0.25, -0.2) is 14.6 Å². The number of tetrazole rings is 1. The minimum atomic E-state index is -0.0770. The molecule has 1 aromatic carbocycles. The van der Waals surface area contributed by atoms with Crippen LogP contribution in [0, 0.1) is 0 Å². The maximum absolute atomic E-state index is 13.8. The third kappa shape index (κ3) is 5.00. The van der Waals surface area contributed by atoms with Crippen LogP contribution in [0.5, 0.6) is 0 Å². The van der Waals surface area contributed by atoms with Crippen LogP contribution in [0.4, 0.5) is 0 Å². The summed E-state index contributed by atoms with van der Waals surface area (Å²) in [7, 11) is 0. The number of hydrogen-bond donors (Lipinski definition) is 1. The van der Waals surface area contributed by atoms with Gasteiger partial charge in [0.1, 0.15) is 5.82 Å². The zero-order chi connectivity index (χ0) is 25.6. The fourth-order valence-electron chi connectivity index (χ4n) is 4.61. The topological polar surface area (TPSA) is 112 Å². The minimum Gasteiger partial charge on any atom is -0.291 e. The number of hydrogen-bond acceptors (Lipinski definition) is 6. The Hall–Kier alpha value is -4.34. The van der Waals surface area contributed by atoms with Crippen molar-refractivity contribution in [1.29, 1.82) is 0 Å². The van der Waals surface area contributed by atoms with Crippen molar-refractivity contribution in [1.82, 2.24) is 44.5 Å². The quantitative estimate of drug-likeness (QED) is 0.292. The van der Waals surface area contributed by atoms with Gasteiger partial charge < -0.3 is 0 Å². The van der Waals surface area contributed by atoms with Crippen molar-refractivity contribution in [3.63, 3.8) is 0 Å². The Bertz CT molecular complexity index is 1510.